The van der Waals surface area contributed by atoms with Crippen LogP contribution < -0.4 is 20.1 Å². The number of halogens is 1. The number of hydrogen-bond donors (Lipinski definition) is 2. The Kier molecular flexibility index (Phi) is 10.9. The molecule has 3 rings (SSSR count). The molecule has 0 amide bonds. The van der Waals surface area contributed by atoms with Crippen LogP contribution >= 0.6 is 24.0 Å². The normalized spacial score (nSPS) is 14.5. The van der Waals surface area contributed by atoms with Gasteiger partial charge in [-0.05, 0) is 54.8 Å². The molecule has 0 saturated carbocycles. The molecule has 2 aromatic rings. The Hall–Kier alpha value is -2.00. The van der Waals surface area contributed by atoms with Gasteiger partial charge in [0.1, 0.15) is 0 Å². The van der Waals surface area contributed by atoms with Gasteiger partial charge in [-0.3, -0.25) is 9.89 Å². The van der Waals surface area contributed by atoms with Gasteiger partial charge in [-0.15, -0.1) is 24.0 Å². The molecule has 0 unspecified atom stereocenters. The van der Waals surface area contributed by atoms with Gasteiger partial charge < -0.3 is 20.1 Å². The van der Waals surface area contributed by atoms with Crippen LogP contribution in [-0.4, -0.2) is 45.2 Å². The summed E-state index contributed by atoms with van der Waals surface area (Å²) in [6.45, 7) is 4.83. The minimum absolute atomic E-state index is 0. The number of aliphatic imine (C=N–C) groups is 1. The maximum atomic E-state index is 5.39. The standard InChI is InChI=1S/C24H34N4O2.HI/c1-25-24(26-16-19-11-12-22(29-2)23(15-19)30-3)27-17-20-9-5-6-10-21(20)18-28-13-7-4-8-14-28;/h5-6,9-12,15H,4,7-8,13-14,16-18H2,1-3H3,(H2,25,26,27);1H. The van der Waals surface area contributed by atoms with Crippen molar-refractivity contribution in [2.24, 2.45) is 4.99 Å². The van der Waals surface area contributed by atoms with Crippen LogP contribution in [0.5, 0.6) is 11.5 Å². The highest BCUT2D eigenvalue weighted by Gasteiger charge is 2.12. The highest BCUT2D eigenvalue weighted by atomic mass is 127. The minimum Gasteiger partial charge on any atom is -0.493 e. The fourth-order valence-corrected chi connectivity index (χ4v) is 3.82. The Bertz CT molecular complexity index is 838. The number of hydrogen-bond acceptors (Lipinski definition) is 4. The summed E-state index contributed by atoms with van der Waals surface area (Å²) in [5, 5.41) is 6.83. The van der Waals surface area contributed by atoms with Gasteiger partial charge >= 0.3 is 0 Å². The largest absolute Gasteiger partial charge is 0.493 e. The molecule has 2 aromatic carbocycles. The molecule has 7 heteroatoms. The van der Waals surface area contributed by atoms with Crippen LogP contribution in [0.1, 0.15) is 36.0 Å². The molecule has 0 aromatic heterocycles. The Labute approximate surface area is 203 Å². The monoisotopic (exact) mass is 538 g/mol. The van der Waals surface area contributed by atoms with Gasteiger partial charge in [-0.2, -0.15) is 0 Å². The van der Waals surface area contributed by atoms with E-state index in [2.05, 4.69) is 44.8 Å². The van der Waals surface area contributed by atoms with E-state index in [4.69, 9.17) is 9.47 Å². The summed E-state index contributed by atoms with van der Waals surface area (Å²) in [5.74, 6) is 2.23. The molecule has 1 heterocycles. The number of guanidine groups is 1. The lowest BCUT2D eigenvalue weighted by Gasteiger charge is -2.27. The van der Waals surface area contributed by atoms with Gasteiger partial charge in [0.15, 0.2) is 17.5 Å². The second kappa shape index (κ2) is 13.4. The van der Waals surface area contributed by atoms with Crippen LogP contribution in [0.2, 0.25) is 0 Å². The number of methoxy groups -OCH3 is 2. The Morgan fingerprint density at radius 2 is 1.58 bits per heavy atom. The first kappa shape index (κ1) is 25.3. The molecule has 1 saturated heterocycles. The lowest BCUT2D eigenvalue weighted by Crippen LogP contribution is -2.36. The average Bonchev–Trinajstić information content (AvgIpc) is 2.80. The SMILES string of the molecule is CN=C(NCc1ccc(OC)c(OC)c1)NCc1ccccc1CN1CCCCC1.I. The lowest BCUT2D eigenvalue weighted by atomic mass is 10.0. The summed E-state index contributed by atoms with van der Waals surface area (Å²) in [5.41, 5.74) is 3.81. The number of nitrogens with one attached hydrogen (secondary N) is 2. The molecule has 6 nitrogen and oxygen atoms in total. The molecule has 0 spiro atoms. The van der Waals surface area contributed by atoms with Crippen molar-refractivity contribution >= 4 is 29.9 Å². The first-order valence-electron chi connectivity index (χ1n) is 10.7. The van der Waals surface area contributed by atoms with E-state index in [9.17, 15) is 0 Å². The van der Waals surface area contributed by atoms with Crippen LogP contribution in [0.25, 0.3) is 0 Å². The number of ether oxygens (including phenoxy) is 2. The zero-order chi connectivity index (χ0) is 21.2. The predicted molar refractivity (Wildman–Crippen MR) is 138 cm³/mol. The van der Waals surface area contributed by atoms with E-state index >= 15 is 0 Å². The first-order chi connectivity index (χ1) is 14.7. The van der Waals surface area contributed by atoms with Crippen LogP contribution in [0.4, 0.5) is 0 Å². The van der Waals surface area contributed by atoms with E-state index in [0.29, 0.717) is 6.54 Å². The van der Waals surface area contributed by atoms with Crippen molar-refractivity contribution < 1.29 is 9.47 Å². The van der Waals surface area contributed by atoms with E-state index in [0.717, 1.165) is 36.1 Å². The van der Waals surface area contributed by atoms with Crippen molar-refractivity contribution in [2.45, 2.75) is 38.9 Å². The van der Waals surface area contributed by atoms with Crippen molar-refractivity contribution in [3.63, 3.8) is 0 Å². The Morgan fingerprint density at radius 1 is 0.903 bits per heavy atom. The molecule has 1 fully saturated rings. The summed E-state index contributed by atoms with van der Waals surface area (Å²) in [7, 11) is 5.09. The zero-order valence-corrected chi connectivity index (χ0v) is 21.1. The van der Waals surface area contributed by atoms with E-state index < -0.39 is 0 Å². The third kappa shape index (κ3) is 7.57. The number of nitrogens with zero attached hydrogens (tertiary/aromatic N) is 2. The van der Waals surface area contributed by atoms with Crippen LogP contribution in [0.15, 0.2) is 47.5 Å². The first-order valence-corrected chi connectivity index (χ1v) is 10.7. The fourth-order valence-electron chi connectivity index (χ4n) is 3.82. The Balaban J connectivity index is 0.00000341. The number of piperidine rings is 1. The van der Waals surface area contributed by atoms with Crippen LogP contribution in [-0.2, 0) is 19.6 Å². The molecular formula is C24H35IN4O2. The molecule has 0 aliphatic carbocycles. The van der Waals surface area contributed by atoms with Crippen molar-refractivity contribution in [1.29, 1.82) is 0 Å². The number of benzene rings is 2. The molecule has 170 valence electrons. The highest BCUT2D eigenvalue weighted by Crippen LogP contribution is 2.27. The summed E-state index contributed by atoms with van der Waals surface area (Å²) < 4.78 is 10.7. The summed E-state index contributed by atoms with van der Waals surface area (Å²) in [6.07, 6.45) is 3.99. The van der Waals surface area contributed by atoms with Gasteiger partial charge in [0.25, 0.3) is 0 Å². The van der Waals surface area contributed by atoms with Gasteiger partial charge in [0.05, 0.1) is 14.2 Å². The smallest absolute Gasteiger partial charge is 0.191 e. The molecule has 1 aliphatic heterocycles. The summed E-state index contributed by atoms with van der Waals surface area (Å²) >= 11 is 0. The predicted octanol–water partition coefficient (Wildman–Crippen LogP) is 4.17. The minimum atomic E-state index is 0. The molecular weight excluding hydrogens is 503 g/mol. The molecule has 0 atom stereocenters. The highest BCUT2D eigenvalue weighted by molar-refractivity contribution is 14.0. The van der Waals surface area contributed by atoms with Crippen molar-refractivity contribution in [2.75, 3.05) is 34.4 Å². The third-order valence-corrected chi connectivity index (χ3v) is 5.54. The second-order valence-electron chi connectivity index (χ2n) is 7.57. The fraction of sp³-hybridized carbons (Fsp3) is 0.458. The quantitative estimate of drug-likeness (QED) is 0.300. The van der Waals surface area contributed by atoms with Crippen molar-refractivity contribution in [1.82, 2.24) is 15.5 Å². The number of rotatable bonds is 8. The molecule has 2 N–H and O–H groups in total. The average molecular weight is 538 g/mol. The van der Waals surface area contributed by atoms with E-state index in [1.165, 1.54) is 43.5 Å². The second-order valence-corrected chi connectivity index (χ2v) is 7.57. The summed E-state index contributed by atoms with van der Waals surface area (Å²) in [4.78, 5) is 6.93. The van der Waals surface area contributed by atoms with E-state index in [1.807, 2.05) is 18.2 Å². The van der Waals surface area contributed by atoms with Gasteiger partial charge in [-0.25, -0.2) is 0 Å². The van der Waals surface area contributed by atoms with E-state index in [1.54, 1.807) is 21.3 Å². The van der Waals surface area contributed by atoms with Gasteiger partial charge in [-0.1, -0.05) is 36.8 Å². The van der Waals surface area contributed by atoms with Gasteiger partial charge in [0.2, 0.25) is 0 Å². The number of likely N-dealkylation sites (tertiary alicyclic amines) is 1. The van der Waals surface area contributed by atoms with Crippen LogP contribution in [0, 0.1) is 0 Å². The third-order valence-electron chi connectivity index (χ3n) is 5.54. The van der Waals surface area contributed by atoms with E-state index in [-0.39, 0.29) is 24.0 Å². The van der Waals surface area contributed by atoms with Crippen molar-refractivity contribution in [3.05, 3.63) is 59.2 Å². The van der Waals surface area contributed by atoms with Gasteiger partial charge in [0, 0.05) is 26.7 Å². The van der Waals surface area contributed by atoms with Crippen LogP contribution in [0.3, 0.4) is 0 Å². The topological polar surface area (TPSA) is 58.1 Å². The molecule has 1 aliphatic rings. The molecule has 0 bridgehead atoms. The molecule has 31 heavy (non-hydrogen) atoms. The Morgan fingerprint density at radius 3 is 2.26 bits per heavy atom. The zero-order valence-electron chi connectivity index (χ0n) is 18.8. The molecule has 0 radical (unpaired) electrons. The maximum absolute atomic E-state index is 5.39. The summed E-state index contributed by atoms with van der Waals surface area (Å²) in [6, 6.07) is 14.6. The maximum Gasteiger partial charge on any atom is 0.191 e. The van der Waals surface area contributed by atoms with Crippen molar-refractivity contribution in [3.8, 4) is 11.5 Å². The lowest BCUT2D eigenvalue weighted by molar-refractivity contribution is 0.220.